The second-order valence-corrected chi connectivity index (χ2v) is 8.55. The van der Waals surface area contributed by atoms with Crippen molar-refractivity contribution in [3.63, 3.8) is 0 Å². The maximum atomic E-state index is 13.5. The Morgan fingerprint density at radius 2 is 1.94 bits per heavy atom. The van der Waals surface area contributed by atoms with E-state index in [9.17, 15) is 18.4 Å². The Balaban J connectivity index is 1.22. The van der Waals surface area contributed by atoms with E-state index in [1.165, 1.54) is 11.1 Å². The zero-order valence-electron chi connectivity index (χ0n) is 18.0. The van der Waals surface area contributed by atoms with Crippen molar-refractivity contribution < 1.29 is 17.9 Å². The summed E-state index contributed by atoms with van der Waals surface area (Å²) in [5, 5.41) is 10.6. The molecule has 5 rings (SSSR count). The molecule has 0 amide bonds. The van der Waals surface area contributed by atoms with Crippen LogP contribution in [0.1, 0.15) is 35.6 Å². The Morgan fingerprint density at radius 3 is 2.64 bits per heavy atom. The summed E-state index contributed by atoms with van der Waals surface area (Å²) in [5.74, 6) is -0.175. The maximum absolute atomic E-state index is 13.5. The van der Waals surface area contributed by atoms with Crippen LogP contribution in [0.4, 0.5) is 18.9 Å². The van der Waals surface area contributed by atoms with Gasteiger partial charge in [-0.25, -0.2) is 4.98 Å². The fourth-order valence-corrected chi connectivity index (χ4v) is 4.39. The molecule has 0 radical (unpaired) electrons. The first kappa shape index (κ1) is 21.6. The molecule has 2 aliphatic rings. The summed E-state index contributed by atoms with van der Waals surface area (Å²) in [4.78, 5) is 12.1. The second kappa shape index (κ2) is 8.60. The van der Waals surface area contributed by atoms with Crippen molar-refractivity contribution in [1.82, 2.24) is 14.9 Å². The maximum Gasteiger partial charge on any atom is 0.417 e. The van der Waals surface area contributed by atoms with Crippen molar-refractivity contribution in [2.75, 3.05) is 44.2 Å². The van der Waals surface area contributed by atoms with Crippen LogP contribution in [0.5, 0.6) is 5.88 Å². The first-order valence-electron chi connectivity index (χ1n) is 11.1. The van der Waals surface area contributed by atoms with Crippen LogP contribution < -0.4 is 9.64 Å². The molecule has 1 N–H and O–H groups in total. The van der Waals surface area contributed by atoms with E-state index in [0.29, 0.717) is 12.2 Å². The predicted molar refractivity (Wildman–Crippen MR) is 118 cm³/mol. The Bertz CT molecular complexity index is 1190. The van der Waals surface area contributed by atoms with Gasteiger partial charge in [0.25, 0.3) is 0 Å². The van der Waals surface area contributed by atoms with E-state index in [4.69, 9.17) is 4.74 Å². The van der Waals surface area contributed by atoms with E-state index in [0.717, 1.165) is 50.6 Å². The molecule has 0 atom stereocenters. The fourth-order valence-electron chi connectivity index (χ4n) is 4.39. The summed E-state index contributed by atoms with van der Waals surface area (Å²) in [6.45, 7) is 4.07. The Kier molecular flexibility index (Phi) is 5.62. The lowest BCUT2D eigenvalue weighted by atomic mass is 10.1. The van der Waals surface area contributed by atoms with Crippen LogP contribution in [-0.4, -0.2) is 54.2 Å². The molecule has 1 aliphatic carbocycles. The molecule has 1 saturated carbocycles. The topological polar surface area (TPSA) is 68.2 Å². The molecule has 0 spiro atoms. The average molecular weight is 455 g/mol. The standard InChI is InChI=1S/C24H24F3N5O/c25-24(26,27)19-14-21(16-4-5-16)30-23(18(19)15-28)33-13-12-31-8-10-32(11-9-31)22-3-1-2-20-17(22)6-7-29-20/h1-3,6-7,14,16,29H,4-5,8-13H2. The quantitative estimate of drug-likeness (QED) is 0.592. The van der Waals surface area contributed by atoms with Crippen LogP contribution in [0.15, 0.2) is 36.5 Å². The largest absolute Gasteiger partial charge is 0.475 e. The summed E-state index contributed by atoms with van der Waals surface area (Å²) in [6.07, 6.45) is -1.05. The third kappa shape index (κ3) is 4.48. The molecule has 1 saturated heterocycles. The van der Waals surface area contributed by atoms with E-state index in [2.05, 4.69) is 38.0 Å². The predicted octanol–water partition coefficient (Wildman–Crippen LogP) is 4.53. The molecular formula is C24H24F3N5O. The van der Waals surface area contributed by atoms with E-state index >= 15 is 0 Å². The Hall–Kier alpha value is -3.25. The summed E-state index contributed by atoms with van der Waals surface area (Å²) < 4.78 is 46.1. The van der Waals surface area contributed by atoms with Gasteiger partial charge in [-0.3, -0.25) is 4.90 Å². The van der Waals surface area contributed by atoms with Crippen LogP contribution in [-0.2, 0) is 6.18 Å². The molecular weight excluding hydrogens is 431 g/mol. The highest BCUT2D eigenvalue weighted by atomic mass is 19.4. The number of piperazine rings is 1. The van der Waals surface area contributed by atoms with Gasteiger partial charge in [0.05, 0.1) is 5.56 Å². The molecule has 0 bridgehead atoms. The number of halogens is 3. The molecule has 2 fully saturated rings. The average Bonchev–Trinajstić information content (AvgIpc) is 3.54. The van der Waals surface area contributed by atoms with Gasteiger partial charge in [0.15, 0.2) is 0 Å². The van der Waals surface area contributed by atoms with Gasteiger partial charge in [0.1, 0.15) is 18.2 Å². The van der Waals surface area contributed by atoms with Gasteiger partial charge in [0.2, 0.25) is 5.88 Å². The normalized spacial score (nSPS) is 17.3. The highest BCUT2D eigenvalue weighted by Gasteiger charge is 2.38. The van der Waals surface area contributed by atoms with Crippen molar-refractivity contribution in [2.45, 2.75) is 24.9 Å². The second-order valence-electron chi connectivity index (χ2n) is 8.55. The summed E-state index contributed by atoms with van der Waals surface area (Å²) in [7, 11) is 0. The number of aromatic amines is 1. The number of H-pyrrole nitrogens is 1. The number of nitrogens with zero attached hydrogens (tertiary/aromatic N) is 4. The first-order valence-corrected chi connectivity index (χ1v) is 11.1. The van der Waals surface area contributed by atoms with Crippen LogP contribution in [0, 0.1) is 11.3 Å². The Labute approximate surface area is 189 Å². The molecule has 3 aromatic rings. The summed E-state index contributed by atoms with van der Waals surface area (Å²) >= 11 is 0. The van der Waals surface area contributed by atoms with E-state index in [1.54, 1.807) is 6.07 Å². The van der Waals surface area contributed by atoms with Crippen molar-refractivity contribution in [1.29, 1.82) is 5.26 Å². The van der Waals surface area contributed by atoms with Crippen LogP contribution in [0.25, 0.3) is 10.9 Å². The molecule has 1 aromatic carbocycles. The minimum atomic E-state index is -4.62. The van der Waals surface area contributed by atoms with Gasteiger partial charge in [0, 0.05) is 67.1 Å². The lowest BCUT2D eigenvalue weighted by molar-refractivity contribution is -0.138. The van der Waals surface area contributed by atoms with Crippen molar-refractivity contribution >= 4 is 16.6 Å². The van der Waals surface area contributed by atoms with Gasteiger partial charge < -0.3 is 14.6 Å². The summed E-state index contributed by atoms with van der Waals surface area (Å²) in [6, 6.07) is 11.0. The zero-order chi connectivity index (χ0) is 23.0. The number of rotatable bonds is 6. The van der Waals surface area contributed by atoms with Gasteiger partial charge in [-0.2, -0.15) is 18.4 Å². The number of hydrogen-bond acceptors (Lipinski definition) is 5. The van der Waals surface area contributed by atoms with E-state index in [1.807, 2.05) is 12.3 Å². The first-order chi connectivity index (χ1) is 15.9. The molecule has 172 valence electrons. The number of ether oxygens (including phenoxy) is 1. The van der Waals surface area contributed by atoms with Gasteiger partial charge in [-0.15, -0.1) is 0 Å². The number of nitriles is 1. The van der Waals surface area contributed by atoms with E-state index in [-0.39, 0.29) is 18.4 Å². The number of fused-ring (bicyclic) bond motifs is 1. The number of hydrogen-bond donors (Lipinski definition) is 1. The molecule has 33 heavy (non-hydrogen) atoms. The number of nitrogens with one attached hydrogen (secondary N) is 1. The highest BCUT2D eigenvalue weighted by Crippen LogP contribution is 2.43. The lowest BCUT2D eigenvalue weighted by Gasteiger charge is -2.36. The van der Waals surface area contributed by atoms with Gasteiger partial charge >= 0.3 is 6.18 Å². The van der Waals surface area contributed by atoms with Crippen LogP contribution in [0.3, 0.4) is 0 Å². The lowest BCUT2D eigenvalue weighted by Crippen LogP contribution is -2.47. The van der Waals surface area contributed by atoms with Crippen molar-refractivity contribution in [3.8, 4) is 11.9 Å². The number of alkyl halides is 3. The van der Waals surface area contributed by atoms with Crippen molar-refractivity contribution in [3.05, 3.63) is 53.3 Å². The van der Waals surface area contributed by atoms with E-state index < -0.39 is 17.3 Å². The van der Waals surface area contributed by atoms with Crippen LogP contribution >= 0.6 is 0 Å². The summed E-state index contributed by atoms with van der Waals surface area (Å²) in [5.41, 5.74) is 1.18. The number of aromatic nitrogens is 2. The molecule has 3 heterocycles. The molecule has 0 unspecified atom stereocenters. The number of anilines is 1. The van der Waals surface area contributed by atoms with Gasteiger partial charge in [-0.05, 0) is 37.1 Å². The fraction of sp³-hybridized carbons (Fsp3) is 0.417. The smallest absolute Gasteiger partial charge is 0.417 e. The Morgan fingerprint density at radius 1 is 1.15 bits per heavy atom. The molecule has 2 aromatic heterocycles. The number of pyridine rings is 1. The third-order valence-corrected chi connectivity index (χ3v) is 6.35. The van der Waals surface area contributed by atoms with Crippen molar-refractivity contribution in [2.24, 2.45) is 0 Å². The SMILES string of the molecule is N#Cc1c(C(F)(F)F)cc(C2CC2)nc1OCCN1CCN(c2cccc3[nH]ccc23)CC1. The van der Waals surface area contributed by atoms with Gasteiger partial charge in [-0.1, -0.05) is 6.07 Å². The third-order valence-electron chi connectivity index (χ3n) is 6.35. The minimum absolute atomic E-state index is 0.0266. The van der Waals surface area contributed by atoms with Crippen LogP contribution in [0.2, 0.25) is 0 Å². The minimum Gasteiger partial charge on any atom is -0.475 e. The highest BCUT2D eigenvalue weighted by molar-refractivity contribution is 5.92. The zero-order valence-corrected chi connectivity index (χ0v) is 18.0. The number of benzene rings is 1. The monoisotopic (exact) mass is 455 g/mol. The molecule has 9 heteroatoms. The molecule has 6 nitrogen and oxygen atoms in total. The molecule has 1 aliphatic heterocycles.